The predicted molar refractivity (Wildman–Crippen MR) is 62.9 cm³/mol. The van der Waals surface area contributed by atoms with Crippen LogP contribution in [0.2, 0.25) is 0 Å². The summed E-state index contributed by atoms with van der Waals surface area (Å²) in [5.74, 6) is 0.541. The highest BCUT2D eigenvalue weighted by molar-refractivity contribution is 7.89. The molecule has 16 heavy (non-hydrogen) atoms. The molecule has 1 heterocycles. The lowest BCUT2D eigenvalue weighted by Gasteiger charge is -2.12. The Hall–Kier alpha value is -0.590. The Balaban J connectivity index is 2.65. The van der Waals surface area contributed by atoms with Gasteiger partial charge in [-0.25, -0.2) is 13.1 Å². The lowest BCUT2D eigenvalue weighted by Crippen LogP contribution is -2.32. The number of nitrogens with one attached hydrogen (secondary N) is 1. The first-order valence-electron chi connectivity index (χ1n) is 5.02. The quantitative estimate of drug-likeness (QED) is 0.784. The van der Waals surface area contributed by atoms with Crippen molar-refractivity contribution in [2.45, 2.75) is 30.7 Å². The summed E-state index contributed by atoms with van der Waals surface area (Å²) >= 11 is 5.55. The molecule has 0 aliphatic heterocycles. The van der Waals surface area contributed by atoms with Gasteiger partial charge in [-0.2, -0.15) is 5.10 Å². The van der Waals surface area contributed by atoms with Crippen molar-refractivity contribution in [1.29, 1.82) is 0 Å². The molecule has 0 spiro atoms. The topological polar surface area (TPSA) is 64.0 Å². The van der Waals surface area contributed by atoms with Crippen LogP contribution < -0.4 is 4.72 Å². The largest absolute Gasteiger partial charge is 0.274 e. The molecule has 0 amide bonds. The van der Waals surface area contributed by atoms with Crippen molar-refractivity contribution >= 4 is 21.6 Å². The summed E-state index contributed by atoms with van der Waals surface area (Å²) in [4.78, 5) is 0.188. The molecule has 0 aromatic carbocycles. The molecule has 0 radical (unpaired) electrons. The summed E-state index contributed by atoms with van der Waals surface area (Å²) in [6.45, 7) is 1.82. The molecule has 0 aliphatic rings. The van der Waals surface area contributed by atoms with Gasteiger partial charge in [0.1, 0.15) is 4.90 Å². The molecule has 0 aliphatic carbocycles. The highest BCUT2D eigenvalue weighted by Crippen LogP contribution is 2.08. The van der Waals surface area contributed by atoms with Gasteiger partial charge in [0.05, 0.1) is 6.20 Å². The molecule has 1 rings (SSSR count). The average molecular weight is 266 g/mol. The number of hydrogen-bond acceptors (Lipinski definition) is 3. The number of halogens is 1. The van der Waals surface area contributed by atoms with Crippen LogP contribution >= 0.6 is 11.6 Å². The lowest BCUT2D eigenvalue weighted by molar-refractivity contribution is 0.544. The molecule has 1 aromatic heterocycles. The first-order chi connectivity index (χ1) is 7.45. The van der Waals surface area contributed by atoms with E-state index in [-0.39, 0.29) is 10.9 Å². The molecule has 5 nitrogen and oxygen atoms in total. The zero-order valence-corrected chi connectivity index (χ0v) is 10.9. The van der Waals surface area contributed by atoms with Crippen molar-refractivity contribution in [1.82, 2.24) is 14.5 Å². The number of nitrogens with zero attached hydrogens (tertiary/aromatic N) is 2. The summed E-state index contributed by atoms with van der Waals surface area (Å²) < 4.78 is 27.7. The predicted octanol–water partition coefficient (Wildman–Crippen LogP) is 1.11. The standard InChI is InChI=1S/C9H16ClN3O2S/c1-8(4-3-5-10)12-16(14,15)9-6-11-13(2)7-9/h6-8,12H,3-5H2,1-2H3. The number of hydrogen-bond donors (Lipinski definition) is 1. The zero-order valence-electron chi connectivity index (χ0n) is 9.35. The van der Waals surface area contributed by atoms with Crippen LogP contribution in [0, 0.1) is 0 Å². The Labute approximate surface area is 101 Å². The maximum absolute atomic E-state index is 11.8. The van der Waals surface area contributed by atoms with Gasteiger partial charge in [0, 0.05) is 25.2 Å². The molecule has 1 N–H and O–H groups in total. The second-order valence-electron chi connectivity index (χ2n) is 3.70. The molecule has 1 atom stereocenters. The van der Waals surface area contributed by atoms with E-state index in [0.717, 1.165) is 12.8 Å². The van der Waals surface area contributed by atoms with E-state index in [2.05, 4.69) is 9.82 Å². The fourth-order valence-corrected chi connectivity index (χ4v) is 2.73. The van der Waals surface area contributed by atoms with Crippen LogP contribution in [0.15, 0.2) is 17.3 Å². The van der Waals surface area contributed by atoms with E-state index >= 15 is 0 Å². The fourth-order valence-electron chi connectivity index (χ4n) is 1.31. The lowest BCUT2D eigenvalue weighted by atomic mass is 10.2. The minimum atomic E-state index is -3.45. The third-order valence-corrected chi connectivity index (χ3v) is 3.93. The van der Waals surface area contributed by atoms with Crippen LogP contribution in [-0.2, 0) is 17.1 Å². The van der Waals surface area contributed by atoms with Crippen molar-refractivity contribution in [2.24, 2.45) is 7.05 Å². The Morgan fingerprint density at radius 3 is 2.81 bits per heavy atom. The summed E-state index contributed by atoms with van der Waals surface area (Å²) in [5.41, 5.74) is 0. The number of rotatable bonds is 6. The van der Waals surface area contributed by atoms with Gasteiger partial charge in [-0.1, -0.05) is 0 Å². The minimum absolute atomic E-state index is 0.121. The van der Waals surface area contributed by atoms with Gasteiger partial charge in [-0.15, -0.1) is 11.6 Å². The molecular weight excluding hydrogens is 250 g/mol. The number of alkyl halides is 1. The van der Waals surface area contributed by atoms with E-state index < -0.39 is 10.0 Å². The van der Waals surface area contributed by atoms with Gasteiger partial charge in [0.2, 0.25) is 10.0 Å². The van der Waals surface area contributed by atoms with Crippen LogP contribution in [0.5, 0.6) is 0 Å². The first-order valence-corrected chi connectivity index (χ1v) is 7.04. The molecule has 0 bridgehead atoms. The van der Waals surface area contributed by atoms with Crippen LogP contribution in [0.4, 0.5) is 0 Å². The molecule has 1 aromatic rings. The second-order valence-corrected chi connectivity index (χ2v) is 5.80. The van der Waals surface area contributed by atoms with Gasteiger partial charge in [-0.3, -0.25) is 4.68 Å². The van der Waals surface area contributed by atoms with Gasteiger partial charge >= 0.3 is 0 Å². The van der Waals surface area contributed by atoms with Crippen LogP contribution in [0.25, 0.3) is 0 Å². The van der Waals surface area contributed by atoms with E-state index in [1.54, 1.807) is 7.05 Å². The van der Waals surface area contributed by atoms with Crippen molar-refractivity contribution in [3.8, 4) is 0 Å². The SMILES string of the molecule is CC(CCCCl)NS(=O)(=O)c1cnn(C)c1. The van der Waals surface area contributed by atoms with Gasteiger partial charge < -0.3 is 0 Å². The first kappa shape index (κ1) is 13.5. The number of aromatic nitrogens is 2. The van der Waals surface area contributed by atoms with E-state index in [1.165, 1.54) is 17.1 Å². The average Bonchev–Trinajstić information content (AvgIpc) is 2.62. The third-order valence-electron chi connectivity index (χ3n) is 2.12. The highest BCUT2D eigenvalue weighted by Gasteiger charge is 2.18. The third kappa shape index (κ3) is 3.77. The van der Waals surface area contributed by atoms with Gasteiger partial charge in [0.15, 0.2) is 0 Å². The molecule has 7 heteroatoms. The van der Waals surface area contributed by atoms with Crippen LogP contribution in [-0.4, -0.2) is 30.1 Å². The Morgan fingerprint density at radius 1 is 1.62 bits per heavy atom. The summed E-state index contributed by atoms with van der Waals surface area (Å²) in [6.07, 6.45) is 4.31. The Bertz CT molecular complexity index is 430. The Morgan fingerprint density at radius 2 is 2.31 bits per heavy atom. The maximum atomic E-state index is 11.8. The summed E-state index contributed by atoms with van der Waals surface area (Å²) in [7, 11) is -1.77. The smallest absolute Gasteiger partial charge is 0.243 e. The van der Waals surface area contributed by atoms with Crippen molar-refractivity contribution < 1.29 is 8.42 Å². The fraction of sp³-hybridized carbons (Fsp3) is 0.667. The second kappa shape index (κ2) is 5.65. The molecule has 92 valence electrons. The van der Waals surface area contributed by atoms with Crippen LogP contribution in [0.1, 0.15) is 19.8 Å². The Kier molecular flexibility index (Phi) is 4.76. The van der Waals surface area contributed by atoms with Crippen LogP contribution in [0.3, 0.4) is 0 Å². The normalized spacial score (nSPS) is 13.9. The molecule has 0 fully saturated rings. The van der Waals surface area contributed by atoms with Gasteiger partial charge in [-0.05, 0) is 19.8 Å². The summed E-state index contributed by atoms with van der Waals surface area (Å²) in [6, 6.07) is -0.121. The van der Waals surface area contributed by atoms with E-state index in [1.807, 2.05) is 6.92 Å². The molecule has 1 unspecified atom stereocenters. The van der Waals surface area contributed by atoms with E-state index in [9.17, 15) is 8.42 Å². The van der Waals surface area contributed by atoms with E-state index in [0.29, 0.717) is 5.88 Å². The monoisotopic (exact) mass is 265 g/mol. The molecule has 0 saturated carbocycles. The zero-order chi connectivity index (χ0) is 12.2. The van der Waals surface area contributed by atoms with Crippen molar-refractivity contribution in [3.63, 3.8) is 0 Å². The van der Waals surface area contributed by atoms with E-state index in [4.69, 9.17) is 11.6 Å². The maximum Gasteiger partial charge on any atom is 0.243 e. The minimum Gasteiger partial charge on any atom is -0.274 e. The molecular formula is C9H16ClN3O2S. The summed E-state index contributed by atoms with van der Waals surface area (Å²) in [5, 5.41) is 3.83. The number of sulfonamides is 1. The van der Waals surface area contributed by atoms with Gasteiger partial charge in [0.25, 0.3) is 0 Å². The van der Waals surface area contributed by atoms with Crippen molar-refractivity contribution in [2.75, 3.05) is 5.88 Å². The number of aryl methyl sites for hydroxylation is 1. The highest BCUT2D eigenvalue weighted by atomic mass is 35.5. The molecule has 0 saturated heterocycles. The van der Waals surface area contributed by atoms with Crippen molar-refractivity contribution in [3.05, 3.63) is 12.4 Å².